The van der Waals surface area contributed by atoms with Gasteiger partial charge in [0.2, 0.25) is 0 Å². The van der Waals surface area contributed by atoms with Crippen LogP contribution in [0.2, 0.25) is 0 Å². The molecule has 0 spiro atoms. The first-order valence-electron chi connectivity index (χ1n) is 9.07. The first kappa shape index (κ1) is 17.5. The predicted octanol–water partition coefficient (Wildman–Crippen LogP) is 2.34. The zero-order valence-electron chi connectivity index (χ0n) is 14.5. The molecule has 1 unspecified atom stereocenters. The van der Waals surface area contributed by atoms with E-state index in [2.05, 4.69) is 4.90 Å². The van der Waals surface area contributed by atoms with Gasteiger partial charge >= 0.3 is 0 Å². The van der Waals surface area contributed by atoms with Crippen molar-refractivity contribution in [3.63, 3.8) is 0 Å². The lowest BCUT2D eigenvalue weighted by Crippen LogP contribution is -2.46. The van der Waals surface area contributed by atoms with Gasteiger partial charge in [-0.1, -0.05) is 18.9 Å². The van der Waals surface area contributed by atoms with Crippen molar-refractivity contribution in [2.75, 3.05) is 26.8 Å². The highest BCUT2D eigenvalue weighted by molar-refractivity contribution is 5.41. The molecule has 1 aliphatic heterocycles. The van der Waals surface area contributed by atoms with Crippen LogP contribution in [0.25, 0.3) is 0 Å². The molecule has 3 rings (SSSR count). The van der Waals surface area contributed by atoms with Crippen molar-refractivity contribution in [1.29, 1.82) is 0 Å². The van der Waals surface area contributed by atoms with Crippen LogP contribution in [0.3, 0.4) is 0 Å². The Morgan fingerprint density at radius 3 is 2.75 bits per heavy atom. The van der Waals surface area contributed by atoms with Crippen molar-refractivity contribution < 1.29 is 19.7 Å². The van der Waals surface area contributed by atoms with E-state index in [1.807, 2.05) is 6.07 Å². The molecule has 5 nitrogen and oxygen atoms in total. The summed E-state index contributed by atoms with van der Waals surface area (Å²) in [6.45, 7) is 2.43. The van der Waals surface area contributed by atoms with E-state index in [-0.39, 0.29) is 18.0 Å². The fourth-order valence-electron chi connectivity index (χ4n) is 3.98. The summed E-state index contributed by atoms with van der Waals surface area (Å²) in [5.74, 6) is 0.677. The fraction of sp³-hybridized carbons (Fsp3) is 0.684. The van der Waals surface area contributed by atoms with E-state index >= 15 is 0 Å². The summed E-state index contributed by atoms with van der Waals surface area (Å²) < 4.78 is 11.3. The van der Waals surface area contributed by atoms with Crippen molar-refractivity contribution in [3.8, 4) is 11.5 Å². The number of aliphatic hydroxyl groups excluding tert-OH is 1. The van der Waals surface area contributed by atoms with Gasteiger partial charge in [0.1, 0.15) is 0 Å². The smallest absolute Gasteiger partial charge is 0.160 e. The van der Waals surface area contributed by atoms with Gasteiger partial charge in [0.15, 0.2) is 11.5 Å². The van der Waals surface area contributed by atoms with Crippen molar-refractivity contribution in [1.82, 2.24) is 4.90 Å². The molecule has 2 fully saturated rings. The van der Waals surface area contributed by atoms with Crippen LogP contribution in [0.15, 0.2) is 18.2 Å². The fourth-order valence-corrected chi connectivity index (χ4v) is 3.98. The third-order valence-electron chi connectivity index (χ3n) is 5.30. The number of rotatable bonds is 6. The zero-order valence-corrected chi connectivity index (χ0v) is 14.5. The van der Waals surface area contributed by atoms with Crippen LogP contribution < -0.4 is 4.74 Å². The van der Waals surface area contributed by atoms with Gasteiger partial charge in [0, 0.05) is 19.1 Å². The molecule has 1 saturated carbocycles. The molecule has 2 aliphatic rings. The van der Waals surface area contributed by atoms with E-state index in [4.69, 9.17) is 9.47 Å². The molecule has 2 N–H and O–H groups in total. The normalized spacial score (nSPS) is 28.2. The number of likely N-dealkylation sites (tertiary alicyclic amines) is 1. The maximum atomic E-state index is 9.85. The summed E-state index contributed by atoms with van der Waals surface area (Å²) in [7, 11) is 1.55. The van der Waals surface area contributed by atoms with Gasteiger partial charge in [-0.3, -0.25) is 4.90 Å². The minimum absolute atomic E-state index is 0.171. The summed E-state index contributed by atoms with van der Waals surface area (Å²) >= 11 is 0. The van der Waals surface area contributed by atoms with Crippen LogP contribution in [0.5, 0.6) is 11.5 Å². The Kier molecular flexibility index (Phi) is 5.98. The van der Waals surface area contributed by atoms with E-state index in [9.17, 15) is 10.2 Å². The molecule has 1 aliphatic carbocycles. The van der Waals surface area contributed by atoms with Crippen molar-refractivity contribution >= 4 is 0 Å². The molecular weight excluding hydrogens is 306 g/mol. The number of phenolic OH excluding ortho intramolecular Hbond substituents is 1. The van der Waals surface area contributed by atoms with Crippen LogP contribution in [0.1, 0.15) is 37.7 Å². The van der Waals surface area contributed by atoms with E-state index in [0.29, 0.717) is 18.4 Å². The average Bonchev–Trinajstić information content (AvgIpc) is 3.02. The van der Waals surface area contributed by atoms with E-state index in [1.54, 1.807) is 19.2 Å². The third-order valence-corrected chi connectivity index (χ3v) is 5.30. The van der Waals surface area contributed by atoms with Gasteiger partial charge in [-0.25, -0.2) is 0 Å². The Balaban J connectivity index is 1.51. The highest BCUT2D eigenvalue weighted by atomic mass is 16.5. The number of ether oxygens (including phenoxy) is 2. The SMILES string of the molecule is COc1ccc(CCO[C@@H]2CCCC[C@H]2N2CCC(O)C2)cc1O. The summed E-state index contributed by atoms with van der Waals surface area (Å²) in [5.41, 5.74) is 1.05. The lowest BCUT2D eigenvalue weighted by atomic mass is 9.91. The molecule has 134 valence electrons. The number of aliphatic hydroxyl groups is 1. The summed E-state index contributed by atoms with van der Waals surface area (Å²) in [5, 5.41) is 19.6. The second-order valence-electron chi connectivity index (χ2n) is 6.95. The van der Waals surface area contributed by atoms with Crippen molar-refractivity contribution in [2.45, 2.75) is 56.8 Å². The largest absolute Gasteiger partial charge is 0.504 e. The van der Waals surface area contributed by atoms with E-state index in [1.165, 1.54) is 19.3 Å². The molecular formula is C19H29NO4. The molecule has 5 heteroatoms. The van der Waals surface area contributed by atoms with E-state index < -0.39 is 0 Å². The number of aromatic hydroxyl groups is 1. The maximum Gasteiger partial charge on any atom is 0.160 e. The van der Waals surface area contributed by atoms with Crippen molar-refractivity contribution in [2.24, 2.45) is 0 Å². The van der Waals surface area contributed by atoms with Gasteiger partial charge in [0.25, 0.3) is 0 Å². The Hall–Kier alpha value is -1.30. The van der Waals surface area contributed by atoms with Crippen molar-refractivity contribution in [3.05, 3.63) is 23.8 Å². The highest BCUT2D eigenvalue weighted by Gasteiger charge is 2.34. The number of hydrogen-bond acceptors (Lipinski definition) is 5. The molecule has 0 amide bonds. The van der Waals surface area contributed by atoms with Crippen LogP contribution in [-0.2, 0) is 11.2 Å². The minimum Gasteiger partial charge on any atom is -0.504 e. The number of hydrogen-bond donors (Lipinski definition) is 2. The quantitative estimate of drug-likeness (QED) is 0.835. The molecule has 1 aromatic rings. The number of nitrogens with zero attached hydrogens (tertiary/aromatic N) is 1. The minimum atomic E-state index is -0.171. The Morgan fingerprint density at radius 1 is 1.21 bits per heavy atom. The van der Waals surface area contributed by atoms with Crippen LogP contribution >= 0.6 is 0 Å². The van der Waals surface area contributed by atoms with Gasteiger partial charge < -0.3 is 19.7 Å². The Bertz CT molecular complexity index is 536. The third kappa shape index (κ3) is 4.21. The Labute approximate surface area is 144 Å². The van der Waals surface area contributed by atoms with Gasteiger partial charge in [0.05, 0.1) is 25.9 Å². The molecule has 1 aromatic carbocycles. The topological polar surface area (TPSA) is 62.2 Å². The second kappa shape index (κ2) is 8.19. The zero-order chi connectivity index (χ0) is 16.9. The molecule has 24 heavy (non-hydrogen) atoms. The van der Waals surface area contributed by atoms with Gasteiger partial charge in [-0.15, -0.1) is 0 Å². The molecule has 1 saturated heterocycles. The lowest BCUT2D eigenvalue weighted by Gasteiger charge is -2.37. The summed E-state index contributed by atoms with van der Waals surface area (Å²) in [6.07, 6.45) is 6.50. The summed E-state index contributed by atoms with van der Waals surface area (Å²) in [6, 6.07) is 5.95. The molecule has 1 heterocycles. The van der Waals surface area contributed by atoms with Crippen LogP contribution in [-0.4, -0.2) is 60.2 Å². The number of β-amino-alcohol motifs (C(OH)–C–C–N with tert-alkyl or cyclic N) is 1. The lowest BCUT2D eigenvalue weighted by molar-refractivity contribution is -0.0316. The second-order valence-corrected chi connectivity index (χ2v) is 6.95. The first-order chi connectivity index (χ1) is 11.7. The first-order valence-corrected chi connectivity index (χ1v) is 9.07. The predicted molar refractivity (Wildman–Crippen MR) is 92.6 cm³/mol. The molecule has 0 aromatic heterocycles. The van der Waals surface area contributed by atoms with Gasteiger partial charge in [-0.05, 0) is 43.4 Å². The maximum absolute atomic E-state index is 9.85. The number of methoxy groups -OCH3 is 1. The van der Waals surface area contributed by atoms with E-state index in [0.717, 1.165) is 37.9 Å². The number of benzene rings is 1. The standard InChI is InChI=1S/C19H29NO4/c1-23-19-7-6-14(12-17(19)22)9-11-24-18-5-3-2-4-16(18)20-10-8-15(21)13-20/h6-7,12,15-16,18,21-22H,2-5,8-11,13H2,1H3/t15?,16-,18-/m1/s1. The van der Waals surface area contributed by atoms with Crippen LogP contribution in [0, 0.1) is 0 Å². The van der Waals surface area contributed by atoms with Crippen LogP contribution in [0.4, 0.5) is 0 Å². The summed E-state index contributed by atoms with van der Waals surface area (Å²) in [4.78, 5) is 2.41. The average molecular weight is 335 g/mol. The number of phenols is 1. The molecule has 0 radical (unpaired) electrons. The highest BCUT2D eigenvalue weighted by Crippen LogP contribution is 2.29. The van der Waals surface area contributed by atoms with Gasteiger partial charge in [-0.2, -0.15) is 0 Å². The monoisotopic (exact) mass is 335 g/mol. The Morgan fingerprint density at radius 2 is 2.04 bits per heavy atom. The molecule has 3 atom stereocenters. The molecule has 0 bridgehead atoms.